The molecule has 1 aliphatic heterocycles. The van der Waals surface area contributed by atoms with Gasteiger partial charge in [-0.3, -0.25) is 4.90 Å². The lowest BCUT2D eigenvalue weighted by molar-refractivity contribution is 0.0398. The van der Waals surface area contributed by atoms with Crippen molar-refractivity contribution in [3.05, 3.63) is 12.4 Å². The Morgan fingerprint density at radius 2 is 1.82 bits per heavy atom. The third-order valence-corrected chi connectivity index (χ3v) is 3.59. The molecule has 1 aliphatic rings. The maximum atomic E-state index is 5.35. The molecule has 22 heavy (non-hydrogen) atoms. The predicted molar refractivity (Wildman–Crippen MR) is 89.4 cm³/mol. The van der Waals surface area contributed by atoms with E-state index in [-0.39, 0.29) is 0 Å². The molecule has 0 saturated carbocycles. The minimum Gasteiger partial charge on any atom is -0.379 e. The Balaban J connectivity index is 1.66. The van der Waals surface area contributed by atoms with Gasteiger partial charge in [-0.15, -0.1) is 0 Å². The standard InChI is InChI=1S/C15H28N6O/c1-20(2)6-3-4-16-14-12-15(19-13-18-14)17-5-7-21-8-10-22-11-9-21/h12-13H,3-11H2,1-2H3,(H2,16,17,18,19). The maximum Gasteiger partial charge on any atom is 0.131 e. The van der Waals surface area contributed by atoms with E-state index in [2.05, 4.69) is 44.5 Å². The Labute approximate surface area is 133 Å². The summed E-state index contributed by atoms with van der Waals surface area (Å²) < 4.78 is 5.35. The van der Waals surface area contributed by atoms with E-state index in [0.717, 1.165) is 70.5 Å². The number of morpholine rings is 1. The van der Waals surface area contributed by atoms with Gasteiger partial charge in [-0.25, -0.2) is 9.97 Å². The lowest BCUT2D eigenvalue weighted by atomic mass is 10.4. The highest BCUT2D eigenvalue weighted by molar-refractivity contribution is 5.46. The van der Waals surface area contributed by atoms with Crippen molar-refractivity contribution >= 4 is 11.6 Å². The zero-order chi connectivity index (χ0) is 15.6. The van der Waals surface area contributed by atoms with Crippen LogP contribution in [-0.4, -0.2) is 86.3 Å². The first kappa shape index (κ1) is 16.9. The van der Waals surface area contributed by atoms with Gasteiger partial charge in [-0.1, -0.05) is 0 Å². The van der Waals surface area contributed by atoms with Crippen molar-refractivity contribution in [2.75, 3.05) is 77.2 Å². The van der Waals surface area contributed by atoms with Gasteiger partial charge in [0, 0.05) is 38.8 Å². The number of anilines is 2. The summed E-state index contributed by atoms with van der Waals surface area (Å²) in [6.45, 7) is 7.61. The number of hydrogen-bond acceptors (Lipinski definition) is 7. The molecule has 2 rings (SSSR count). The molecule has 0 atom stereocenters. The van der Waals surface area contributed by atoms with Crippen molar-refractivity contribution in [3.63, 3.8) is 0 Å². The minimum absolute atomic E-state index is 0.842. The Bertz CT molecular complexity index is 422. The van der Waals surface area contributed by atoms with Gasteiger partial charge in [-0.2, -0.15) is 0 Å². The second kappa shape index (κ2) is 9.55. The Morgan fingerprint density at radius 1 is 1.14 bits per heavy atom. The van der Waals surface area contributed by atoms with E-state index in [0.29, 0.717) is 0 Å². The van der Waals surface area contributed by atoms with Crippen LogP contribution in [-0.2, 0) is 4.74 Å². The van der Waals surface area contributed by atoms with Gasteiger partial charge in [0.05, 0.1) is 13.2 Å². The molecule has 0 bridgehead atoms. The van der Waals surface area contributed by atoms with E-state index < -0.39 is 0 Å². The zero-order valence-corrected chi connectivity index (χ0v) is 13.7. The fraction of sp³-hybridized carbons (Fsp3) is 0.733. The van der Waals surface area contributed by atoms with E-state index in [1.54, 1.807) is 6.33 Å². The van der Waals surface area contributed by atoms with Crippen LogP contribution in [0.3, 0.4) is 0 Å². The summed E-state index contributed by atoms with van der Waals surface area (Å²) in [7, 11) is 4.17. The summed E-state index contributed by atoms with van der Waals surface area (Å²) in [5, 5.41) is 6.69. The van der Waals surface area contributed by atoms with Crippen LogP contribution in [0.2, 0.25) is 0 Å². The summed E-state index contributed by atoms with van der Waals surface area (Å²) in [6, 6.07) is 1.97. The molecular formula is C15H28N6O. The molecule has 1 aromatic rings. The third kappa shape index (κ3) is 6.55. The molecule has 0 aromatic carbocycles. The number of nitrogens with one attached hydrogen (secondary N) is 2. The number of rotatable bonds is 9. The monoisotopic (exact) mass is 308 g/mol. The molecule has 0 aliphatic carbocycles. The fourth-order valence-electron chi connectivity index (χ4n) is 2.33. The molecule has 1 aromatic heterocycles. The first-order valence-electron chi connectivity index (χ1n) is 7.98. The summed E-state index contributed by atoms with van der Waals surface area (Å²) in [4.78, 5) is 13.1. The predicted octanol–water partition coefficient (Wildman–Crippen LogP) is 0.584. The summed E-state index contributed by atoms with van der Waals surface area (Å²) in [6.07, 6.45) is 2.70. The molecular weight excluding hydrogens is 280 g/mol. The quantitative estimate of drug-likeness (QED) is 0.647. The fourth-order valence-corrected chi connectivity index (χ4v) is 2.33. The van der Waals surface area contributed by atoms with Crippen LogP contribution in [0.15, 0.2) is 12.4 Å². The van der Waals surface area contributed by atoms with E-state index in [9.17, 15) is 0 Å². The lowest BCUT2D eigenvalue weighted by Gasteiger charge is -2.26. The molecule has 2 N–H and O–H groups in total. The SMILES string of the molecule is CN(C)CCCNc1cc(NCCN2CCOCC2)ncn1. The van der Waals surface area contributed by atoms with E-state index in [4.69, 9.17) is 4.74 Å². The van der Waals surface area contributed by atoms with E-state index in [1.165, 1.54) is 0 Å². The number of nitrogens with zero attached hydrogens (tertiary/aromatic N) is 4. The maximum absolute atomic E-state index is 5.35. The number of aromatic nitrogens is 2. The Morgan fingerprint density at radius 3 is 2.50 bits per heavy atom. The minimum atomic E-state index is 0.842. The van der Waals surface area contributed by atoms with Crippen LogP contribution < -0.4 is 10.6 Å². The molecule has 1 saturated heterocycles. The summed E-state index contributed by atoms with van der Waals surface area (Å²) in [5.41, 5.74) is 0. The summed E-state index contributed by atoms with van der Waals surface area (Å²) >= 11 is 0. The van der Waals surface area contributed by atoms with Crippen molar-refractivity contribution in [1.82, 2.24) is 19.8 Å². The Hall–Kier alpha value is -1.44. The van der Waals surface area contributed by atoms with Gasteiger partial charge in [0.15, 0.2) is 0 Å². The second-order valence-corrected chi connectivity index (χ2v) is 5.75. The third-order valence-electron chi connectivity index (χ3n) is 3.59. The average Bonchev–Trinajstić information content (AvgIpc) is 2.53. The molecule has 2 heterocycles. The van der Waals surface area contributed by atoms with Gasteiger partial charge in [-0.05, 0) is 27.1 Å². The summed E-state index contributed by atoms with van der Waals surface area (Å²) in [5.74, 6) is 1.75. The highest BCUT2D eigenvalue weighted by Gasteiger charge is 2.09. The van der Waals surface area contributed by atoms with Gasteiger partial charge in [0.2, 0.25) is 0 Å². The largest absolute Gasteiger partial charge is 0.379 e. The molecule has 7 heteroatoms. The van der Waals surface area contributed by atoms with Crippen LogP contribution in [0.4, 0.5) is 11.6 Å². The van der Waals surface area contributed by atoms with Gasteiger partial charge >= 0.3 is 0 Å². The lowest BCUT2D eigenvalue weighted by Crippen LogP contribution is -2.39. The molecule has 0 amide bonds. The van der Waals surface area contributed by atoms with E-state index >= 15 is 0 Å². The molecule has 7 nitrogen and oxygen atoms in total. The number of hydrogen-bond donors (Lipinski definition) is 2. The van der Waals surface area contributed by atoms with Gasteiger partial charge < -0.3 is 20.3 Å². The highest BCUT2D eigenvalue weighted by atomic mass is 16.5. The smallest absolute Gasteiger partial charge is 0.131 e. The molecule has 0 radical (unpaired) electrons. The van der Waals surface area contributed by atoms with Crippen LogP contribution in [0.1, 0.15) is 6.42 Å². The van der Waals surface area contributed by atoms with Crippen LogP contribution in [0.5, 0.6) is 0 Å². The topological polar surface area (TPSA) is 65.5 Å². The second-order valence-electron chi connectivity index (χ2n) is 5.75. The van der Waals surface area contributed by atoms with Crippen LogP contribution in [0.25, 0.3) is 0 Å². The number of ether oxygens (including phenoxy) is 1. The van der Waals surface area contributed by atoms with Crippen molar-refractivity contribution in [1.29, 1.82) is 0 Å². The molecule has 0 spiro atoms. The molecule has 1 fully saturated rings. The normalized spacial score (nSPS) is 16.0. The molecule has 0 unspecified atom stereocenters. The van der Waals surface area contributed by atoms with Crippen LogP contribution >= 0.6 is 0 Å². The van der Waals surface area contributed by atoms with Crippen molar-refractivity contribution in [2.24, 2.45) is 0 Å². The van der Waals surface area contributed by atoms with Crippen molar-refractivity contribution in [3.8, 4) is 0 Å². The van der Waals surface area contributed by atoms with Crippen molar-refractivity contribution in [2.45, 2.75) is 6.42 Å². The first-order valence-corrected chi connectivity index (χ1v) is 7.98. The highest BCUT2D eigenvalue weighted by Crippen LogP contribution is 2.08. The van der Waals surface area contributed by atoms with Gasteiger partial charge in [0.25, 0.3) is 0 Å². The molecule has 124 valence electrons. The van der Waals surface area contributed by atoms with Crippen molar-refractivity contribution < 1.29 is 4.74 Å². The van der Waals surface area contributed by atoms with E-state index in [1.807, 2.05) is 6.07 Å². The first-order chi connectivity index (χ1) is 10.7. The average molecular weight is 308 g/mol. The van der Waals surface area contributed by atoms with Gasteiger partial charge in [0.1, 0.15) is 18.0 Å². The van der Waals surface area contributed by atoms with Crippen LogP contribution in [0, 0.1) is 0 Å². The Kier molecular flexibility index (Phi) is 7.35. The zero-order valence-electron chi connectivity index (χ0n) is 13.7.